The van der Waals surface area contributed by atoms with E-state index in [1.807, 2.05) is 24.3 Å². The van der Waals surface area contributed by atoms with Gasteiger partial charge in [-0.25, -0.2) is 8.42 Å². The second-order valence-corrected chi connectivity index (χ2v) is 8.31. The fraction of sp³-hybridized carbons (Fsp3) is 0.625. The van der Waals surface area contributed by atoms with Gasteiger partial charge in [-0.05, 0) is 37.4 Å². The summed E-state index contributed by atoms with van der Waals surface area (Å²) >= 11 is 0. The topological polar surface area (TPSA) is 63.4 Å². The molecule has 21 heavy (non-hydrogen) atoms. The maximum atomic E-state index is 13.0. The van der Waals surface area contributed by atoms with Crippen LogP contribution in [0.4, 0.5) is 5.69 Å². The molecule has 1 aromatic rings. The molecule has 0 amide bonds. The standard InChI is InChI=1S/C16H24N2O2S/c17-11-10-13-12-18(16-9-5-4-8-15(13)16)21(19,20)14-6-2-1-3-7-14/h4-5,8-9,13-14H,1-3,6-7,10-12,17H2. The Morgan fingerprint density at radius 2 is 1.86 bits per heavy atom. The monoisotopic (exact) mass is 308 g/mol. The fourth-order valence-electron chi connectivity index (χ4n) is 3.69. The van der Waals surface area contributed by atoms with Crippen molar-refractivity contribution in [1.82, 2.24) is 0 Å². The van der Waals surface area contributed by atoms with Crippen LogP contribution in [0.1, 0.15) is 50.0 Å². The van der Waals surface area contributed by atoms with Gasteiger partial charge in [-0.15, -0.1) is 0 Å². The van der Waals surface area contributed by atoms with Gasteiger partial charge in [0.25, 0.3) is 0 Å². The van der Waals surface area contributed by atoms with Crippen LogP contribution >= 0.6 is 0 Å². The molecule has 1 aromatic carbocycles. The highest BCUT2D eigenvalue weighted by molar-refractivity contribution is 7.93. The third-order valence-electron chi connectivity index (χ3n) is 4.83. The SMILES string of the molecule is NCCC1CN(S(=O)(=O)C2CCCCC2)c2ccccc21. The van der Waals surface area contributed by atoms with E-state index in [1.165, 1.54) is 6.42 Å². The largest absolute Gasteiger partial charge is 0.330 e. The minimum Gasteiger partial charge on any atom is -0.330 e. The number of rotatable bonds is 4. The molecule has 1 fully saturated rings. The predicted molar refractivity (Wildman–Crippen MR) is 86.0 cm³/mol. The summed E-state index contributed by atoms with van der Waals surface area (Å²) in [5.74, 6) is 0.240. The van der Waals surface area contributed by atoms with Crippen LogP contribution in [0.3, 0.4) is 0 Å². The van der Waals surface area contributed by atoms with Crippen molar-refractivity contribution >= 4 is 15.7 Å². The fourth-order valence-corrected chi connectivity index (χ4v) is 5.81. The van der Waals surface area contributed by atoms with Crippen molar-refractivity contribution in [1.29, 1.82) is 0 Å². The van der Waals surface area contributed by atoms with E-state index in [4.69, 9.17) is 5.73 Å². The normalized spacial score (nSPS) is 23.3. The lowest BCUT2D eigenvalue weighted by Gasteiger charge is -2.28. The maximum absolute atomic E-state index is 13.0. The molecular weight excluding hydrogens is 284 g/mol. The molecule has 1 atom stereocenters. The Hall–Kier alpha value is -1.07. The minimum absolute atomic E-state index is 0.198. The molecule has 0 aromatic heterocycles. The van der Waals surface area contributed by atoms with E-state index in [2.05, 4.69) is 0 Å². The second-order valence-electron chi connectivity index (χ2n) is 6.17. The van der Waals surface area contributed by atoms with Gasteiger partial charge in [0.15, 0.2) is 0 Å². The number of anilines is 1. The number of hydrogen-bond donors (Lipinski definition) is 1. The summed E-state index contributed by atoms with van der Waals surface area (Å²) in [6.07, 6.45) is 5.69. The molecule has 1 unspecified atom stereocenters. The van der Waals surface area contributed by atoms with Crippen LogP contribution < -0.4 is 10.0 Å². The van der Waals surface area contributed by atoms with E-state index in [1.54, 1.807) is 4.31 Å². The van der Waals surface area contributed by atoms with Crippen LogP contribution in [0, 0.1) is 0 Å². The molecule has 1 saturated carbocycles. The summed E-state index contributed by atoms with van der Waals surface area (Å²) in [7, 11) is -3.23. The lowest BCUT2D eigenvalue weighted by molar-refractivity contribution is 0.481. The molecule has 1 aliphatic heterocycles. The summed E-state index contributed by atoms with van der Waals surface area (Å²) in [6, 6.07) is 7.89. The Balaban J connectivity index is 1.92. The van der Waals surface area contributed by atoms with E-state index in [9.17, 15) is 8.42 Å². The van der Waals surface area contributed by atoms with Crippen LogP contribution in [0.25, 0.3) is 0 Å². The summed E-state index contributed by atoms with van der Waals surface area (Å²) in [5, 5.41) is -0.198. The molecule has 116 valence electrons. The van der Waals surface area contributed by atoms with E-state index in [0.29, 0.717) is 13.1 Å². The first-order valence-corrected chi connectivity index (χ1v) is 9.45. The Kier molecular flexibility index (Phi) is 4.22. The van der Waals surface area contributed by atoms with E-state index in [-0.39, 0.29) is 11.2 Å². The highest BCUT2D eigenvalue weighted by Crippen LogP contribution is 2.41. The van der Waals surface area contributed by atoms with Crippen LogP contribution in [0.15, 0.2) is 24.3 Å². The van der Waals surface area contributed by atoms with Gasteiger partial charge < -0.3 is 5.73 Å². The lowest BCUT2D eigenvalue weighted by Crippen LogP contribution is -2.39. The number of nitrogens with two attached hydrogens (primary N) is 1. The highest BCUT2D eigenvalue weighted by Gasteiger charge is 2.39. The van der Waals surface area contributed by atoms with Gasteiger partial charge >= 0.3 is 0 Å². The van der Waals surface area contributed by atoms with Gasteiger partial charge in [0.2, 0.25) is 10.0 Å². The number of para-hydroxylation sites is 1. The third kappa shape index (κ3) is 2.69. The van der Waals surface area contributed by atoms with E-state index < -0.39 is 10.0 Å². The number of benzene rings is 1. The Bertz CT molecular complexity index is 594. The zero-order valence-corrected chi connectivity index (χ0v) is 13.2. The molecular formula is C16H24N2O2S. The van der Waals surface area contributed by atoms with Crippen LogP contribution in [0.5, 0.6) is 0 Å². The maximum Gasteiger partial charge on any atom is 0.238 e. The van der Waals surface area contributed by atoms with Gasteiger partial charge in [0.1, 0.15) is 0 Å². The molecule has 1 aliphatic carbocycles. The van der Waals surface area contributed by atoms with Gasteiger partial charge in [0.05, 0.1) is 10.9 Å². The molecule has 0 saturated heterocycles. The molecule has 4 nitrogen and oxygen atoms in total. The van der Waals surface area contributed by atoms with Crippen molar-refractivity contribution in [2.45, 2.75) is 49.7 Å². The first-order chi connectivity index (χ1) is 10.1. The van der Waals surface area contributed by atoms with Gasteiger partial charge in [-0.3, -0.25) is 4.31 Å². The van der Waals surface area contributed by atoms with Crippen molar-refractivity contribution < 1.29 is 8.42 Å². The van der Waals surface area contributed by atoms with Crippen LogP contribution in [0.2, 0.25) is 0 Å². The first-order valence-electron chi connectivity index (χ1n) is 7.95. The van der Waals surface area contributed by atoms with E-state index >= 15 is 0 Å². The van der Waals surface area contributed by atoms with Crippen LogP contribution in [-0.4, -0.2) is 26.8 Å². The summed E-state index contributed by atoms with van der Waals surface area (Å²) < 4.78 is 27.7. The summed E-state index contributed by atoms with van der Waals surface area (Å²) in [6.45, 7) is 1.16. The Labute approximate surface area is 127 Å². The third-order valence-corrected chi connectivity index (χ3v) is 7.10. The molecule has 2 aliphatic rings. The van der Waals surface area contributed by atoms with Crippen molar-refractivity contribution in [2.75, 3.05) is 17.4 Å². The highest BCUT2D eigenvalue weighted by atomic mass is 32.2. The zero-order valence-electron chi connectivity index (χ0n) is 12.4. The summed E-state index contributed by atoms with van der Waals surface area (Å²) in [5.41, 5.74) is 7.71. The van der Waals surface area contributed by atoms with Crippen molar-refractivity contribution in [3.8, 4) is 0 Å². The second kappa shape index (κ2) is 5.97. The molecule has 1 heterocycles. The summed E-state index contributed by atoms with van der Waals surface area (Å²) in [4.78, 5) is 0. The Morgan fingerprint density at radius 3 is 2.57 bits per heavy atom. The van der Waals surface area contributed by atoms with E-state index in [0.717, 1.165) is 43.4 Å². The Morgan fingerprint density at radius 1 is 1.14 bits per heavy atom. The smallest absolute Gasteiger partial charge is 0.238 e. The van der Waals surface area contributed by atoms with Gasteiger partial charge in [0, 0.05) is 12.5 Å². The number of hydrogen-bond acceptors (Lipinski definition) is 3. The number of nitrogens with zero attached hydrogens (tertiary/aromatic N) is 1. The molecule has 0 bridgehead atoms. The van der Waals surface area contributed by atoms with Crippen molar-refractivity contribution in [3.05, 3.63) is 29.8 Å². The van der Waals surface area contributed by atoms with Gasteiger partial charge in [-0.2, -0.15) is 0 Å². The number of sulfonamides is 1. The molecule has 3 rings (SSSR count). The lowest BCUT2D eigenvalue weighted by atomic mass is 9.98. The van der Waals surface area contributed by atoms with Crippen molar-refractivity contribution in [3.63, 3.8) is 0 Å². The van der Waals surface area contributed by atoms with Crippen molar-refractivity contribution in [2.24, 2.45) is 5.73 Å². The minimum atomic E-state index is -3.23. The molecule has 2 N–H and O–H groups in total. The average molecular weight is 308 g/mol. The zero-order chi connectivity index (χ0) is 14.9. The first kappa shape index (κ1) is 14.9. The van der Waals surface area contributed by atoms with Crippen LogP contribution in [-0.2, 0) is 10.0 Å². The molecule has 0 radical (unpaired) electrons. The van der Waals surface area contributed by atoms with Gasteiger partial charge in [-0.1, -0.05) is 37.5 Å². The quantitative estimate of drug-likeness (QED) is 0.930. The number of fused-ring (bicyclic) bond motifs is 1. The average Bonchev–Trinajstić information content (AvgIpc) is 2.88. The molecule has 0 spiro atoms. The predicted octanol–water partition coefficient (Wildman–Crippen LogP) is 2.60. The molecule has 5 heteroatoms.